The molecule has 1 N–H and O–H groups in total. The quantitative estimate of drug-likeness (QED) is 0.442. The average Bonchev–Trinajstić information content (AvgIpc) is 3.39. The fourth-order valence-electron chi connectivity index (χ4n) is 4.90. The molecule has 0 spiro atoms. The number of fused-ring (bicyclic) bond motifs is 2. The highest BCUT2D eigenvalue weighted by Crippen LogP contribution is 2.45. The lowest BCUT2D eigenvalue weighted by atomic mass is 10.1. The zero-order valence-corrected chi connectivity index (χ0v) is 21.3. The third kappa shape index (κ3) is 4.37. The van der Waals surface area contributed by atoms with Crippen molar-refractivity contribution < 1.29 is 23.8 Å². The molecule has 1 saturated carbocycles. The van der Waals surface area contributed by atoms with Crippen molar-refractivity contribution in [3.63, 3.8) is 0 Å². The number of methoxy groups -OCH3 is 3. The average molecular weight is 505 g/mol. The van der Waals surface area contributed by atoms with Crippen LogP contribution in [0.2, 0.25) is 0 Å². The molecule has 0 radical (unpaired) electrons. The summed E-state index contributed by atoms with van der Waals surface area (Å²) in [5.41, 5.74) is 2.62. The van der Waals surface area contributed by atoms with Gasteiger partial charge >= 0.3 is 0 Å². The molecule has 1 aliphatic heterocycles. The summed E-state index contributed by atoms with van der Waals surface area (Å²) in [6, 6.07) is 16.9. The molecular formula is C28H28N2O5S. The Hall–Kier alpha value is -3.65. The predicted octanol–water partition coefficient (Wildman–Crippen LogP) is 6.02. The Kier molecular flexibility index (Phi) is 6.78. The van der Waals surface area contributed by atoms with Crippen molar-refractivity contribution in [2.75, 3.05) is 31.5 Å². The molecule has 0 aromatic heterocycles. The third-order valence-electron chi connectivity index (χ3n) is 6.65. The van der Waals surface area contributed by atoms with Crippen LogP contribution in [0.4, 0.5) is 11.4 Å². The van der Waals surface area contributed by atoms with Crippen LogP contribution in [-0.2, 0) is 0 Å². The van der Waals surface area contributed by atoms with Gasteiger partial charge in [-0.15, -0.1) is 0 Å². The van der Waals surface area contributed by atoms with Crippen molar-refractivity contribution in [2.45, 2.75) is 41.5 Å². The molecule has 1 heterocycles. The summed E-state index contributed by atoms with van der Waals surface area (Å²) in [5, 5.41) is 2.98. The number of nitrogens with one attached hydrogen (secondary N) is 1. The van der Waals surface area contributed by atoms with Crippen LogP contribution in [0, 0.1) is 0 Å². The van der Waals surface area contributed by atoms with Crippen molar-refractivity contribution in [2.24, 2.45) is 0 Å². The Balaban J connectivity index is 1.50. The van der Waals surface area contributed by atoms with Crippen LogP contribution in [0.1, 0.15) is 46.4 Å². The van der Waals surface area contributed by atoms with Gasteiger partial charge in [0.25, 0.3) is 11.8 Å². The highest BCUT2D eigenvalue weighted by molar-refractivity contribution is 7.99. The maximum Gasteiger partial charge on any atom is 0.259 e. The van der Waals surface area contributed by atoms with E-state index in [0.717, 1.165) is 41.2 Å². The number of hydrogen-bond donors (Lipinski definition) is 1. The van der Waals surface area contributed by atoms with Gasteiger partial charge in [0.1, 0.15) is 0 Å². The number of anilines is 2. The molecule has 1 fully saturated rings. The van der Waals surface area contributed by atoms with E-state index < -0.39 is 0 Å². The van der Waals surface area contributed by atoms with Crippen molar-refractivity contribution in [1.29, 1.82) is 0 Å². The van der Waals surface area contributed by atoms with E-state index in [1.807, 2.05) is 47.4 Å². The van der Waals surface area contributed by atoms with Gasteiger partial charge in [0, 0.05) is 27.1 Å². The SMILES string of the molecule is COc1cc(C(=O)Nc2ccc3c(c2)Sc2ccccc2C(=O)N3C2CCCC2)cc(OC)c1OC. The first kappa shape index (κ1) is 24.1. The van der Waals surface area contributed by atoms with Crippen LogP contribution in [0.25, 0.3) is 0 Å². The minimum Gasteiger partial charge on any atom is -0.493 e. The first-order valence-corrected chi connectivity index (χ1v) is 12.7. The largest absolute Gasteiger partial charge is 0.493 e. The van der Waals surface area contributed by atoms with Gasteiger partial charge in [-0.3, -0.25) is 9.59 Å². The van der Waals surface area contributed by atoms with E-state index in [4.69, 9.17) is 14.2 Å². The molecule has 2 aliphatic rings. The zero-order valence-electron chi connectivity index (χ0n) is 20.5. The van der Waals surface area contributed by atoms with E-state index in [9.17, 15) is 9.59 Å². The summed E-state index contributed by atoms with van der Waals surface area (Å²) in [7, 11) is 4.54. The summed E-state index contributed by atoms with van der Waals surface area (Å²) in [4.78, 5) is 30.6. The van der Waals surface area contributed by atoms with Crippen LogP contribution in [0.15, 0.2) is 64.4 Å². The van der Waals surface area contributed by atoms with Gasteiger partial charge < -0.3 is 24.4 Å². The minimum absolute atomic E-state index is 0.0398. The maximum absolute atomic E-state index is 13.6. The number of benzene rings is 3. The summed E-state index contributed by atoms with van der Waals surface area (Å²) in [5.74, 6) is 0.965. The van der Waals surface area contributed by atoms with Gasteiger partial charge in [0.05, 0.1) is 32.6 Å². The molecule has 8 heteroatoms. The number of carbonyl (C=O) groups is 2. The van der Waals surface area contributed by atoms with E-state index in [0.29, 0.717) is 34.1 Å². The van der Waals surface area contributed by atoms with E-state index in [2.05, 4.69) is 5.32 Å². The highest BCUT2D eigenvalue weighted by atomic mass is 32.2. The Morgan fingerprint density at radius 3 is 2.28 bits per heavy atom. The minimum atomic E-state index is -0.308. The molecule has 1 aliphatic carbocycles. The molecule has 0 atom stereocenters. The third-order valence-corrected chi connectivity index (χ3v) is 7.77. The lowest BCUT2D eigenvalue weighted by Crippen LogP contribution is -2.39. The first-order valence-electron chi connectivity index (χ1n) is 11.9. The lowest BCUT2D eigenvalue weighted by molar-refractivity contribution is 0.0972. The smallest absolute Gasteiger partial charge is 0.259 e. The van der Waals surface area contributed by atoms with Gasteiger partial charge in [0.2, 0.25) is 5.75 Å². The van der Waals surface area contributed by atoms with Gasteiger partial charge in [-0.25, -0.2) is 0 Å². The molecule has 0 unspecified atom stereocenters. The monoisotopic (exact) mass is 504 g/mol. The number of rotatable bonds is 6. The Morgan fingerprint density at radius 1 is 0.917 bits per heavy atom. The van der Waals surface area contributed by atoms with Crippen LogP contribution in [-0.4, -0.2) is 39.2 Å². The second-order valence-electron chi connectivity index (χ2n) is 8.76. The second-order valence-corrected chi connectivity index (χ2v) is 9.85. The van der Waals surface area contributed by atoms with E-state index >= 15 is 0 Å². The predicted molar refractivity (Wildman–Crippen MR) is 140 cm³/mol. The lowest BCUT2D eigenvalue weighted by Gasteiger charge is -2.29. The number of ether oxygens (including phenoxy) is 3. The van der Waals surface area contributed by atoms with Crippen molar-refractivity contribution in [3.05, 3.63) is 65.7 Å². The number of hydrogen-bond acceptors (Lipinski definition) is 6. The number of nitrogens with zero attached hydrogens (tertiary/aromatic N) is 1. The molecule has 0 bridgehead atoms. The van der Waals surface area contributed by atoms with Gasteiger partial charge in [-0.2, -0.15) is 0 Å². The Morgan fingerprint density at radius 2 is 1.61 bits per heavy atom. The zero-order chi connectivity index (χ0) is 25.2. The molecule has 2 amide bonds. The molecule has 0 saturated heterocycles. The summed E-state index contributed by atoms with van der Waals surface area (Å²) in [6.07, 6.45) is 4.25. The molecular weight excluding hydrogens is 476 g/mol. The molecule has 186 valence electrons. The van der Waals surface area contributed by atoms with Crippen LogP contribution in [0.5, 0.6) is 17.2 Å². The van der Waals surface area contributed by atoms with Crippen LogP contribution in [0.3, 0.4) is 0 Å². The molecule has 36 heavy (non-hydrogen) atoms. The van der Waals surface area contributed by atoms with Gasteiger partial charge in [0.15, 0.2) is 11.5 Å². The van der Waals surface area contributed by atoms with Crippen LogP contribution >= 0.6 is 11.8 Å². The van der Waals surface area contributed by atoms with E-state index in [-0.39, 0.29) is 17.9 Å². The van der Waals surface area contributed by atoms with Gasteiger partial charge in [-0.05, 0) is 55.3 Å². The summed E-state index contributed by atoms with van der Waals surface area (Å²) in [6.45, 7) is 0. The van der Waals surface area contributed by atoms with Crippen LogP contribution < -0.4 is 24.4 Å². The summed E-state index contributed by atoms with van der Waals surface area (Å²) < 4.78 is 16.1. The Labute approximate surface area is 214 Å². The Bertz CT molecular complexity index is 1290. The summed E-state index contributed by atoms with van der Waals surface area (Å²) >= 11 is 1.55. The number of carbonyl (C=O) groups excluding carboxylic acids is 2. The van der Waals surface area contributed by atoms with Crippen molar-refractivity contribution >= 4 is 35.0 Å². The standard InChI is InChI=1S/C28H28N2O5S/c1-33-22-14-17(15-23(34-2)26(22)35-3)27(31)29-18-12-13-21-25(16-18)36-24-11-7-6-10-20(24)28(32)30(21)19-8-4-5-9-19/h6-7,10-16,19H,4-5,8-9H2,1-3H3,(H,29,31). The molecule has 3 aromatic carbocycles. The fourth-order valence-corrected chi connectivity index (χ4v) is 6.01. The molecule has 7 nitrogen and oxygen atoms in total. The van der Waals surface area contributed by atoms with Crippen molar-refractivity contribution in [1.82, 2.24) is 0 Å². The first-order chi connectivity index (χ1) is 17.5. The molecule has 3 aromatic rings. The van der Waals surface area contributed by atoms with E-state index in [1.165, 1.54) is 21.3 Å². The number of amides is 2. The normalized spacial score (nSPS) is 15.1. The topological polar surface area (TPSA) is 77.1 Å². The highest BCUT2D eigenvalue weighted by Gasteiger charge is 2.34. The second kappa shape index (κ2) is 10.1. The maximum atomic E-state index is 13.6. The van der Waals surface area contributed by atoms with Crippen molar-refractivity contribution in [3.8, 4) is 17.2 Å². The van der Waals surface area contributed by atoms with Gasteiger partial charge in [-0.1, -0.05) is 36.7 Å². The van der Waals surface area contributed by atoms with E-state index in [1.54, 1.807) is 23.9 Å². The molecule has 5 rings (SSSR count). The fraction of sp³-hybridized carbons (Fsp3) is 0.286.